The van der Waals surface area contributed by atoms with Crippen LogP contribution in [0.25, 0.3) is 0 Å². The lowest BCUT2D eigenvalue weighted by Gasteiger charge is -2.48. The minimum atomic E-state index is -1.14. The number of hydrogen-bond donors (Lipinski definition) is 0. The summed E-state index contributed by atoms with van der Waals surface area (Å²) in [4.78, 5) is 25.8. The summed E-state index contributed by atoms with van der Waals surface area (Å²) in [6.07, 6.45) is 4.68. The first-order valence-electron chi connectivity index (χ1n) is 8.39. The molecule has 0 aromatic carbocycles. The van der Waals surface area contributed by atoms with E-state index in [1.165, 1.54) is 14.2 Å². The van der Waals surface area contributed by atoms with Gasteiger partial charge in [-0.15, -0.1) is 0 Å². The molecule has 120 valence electrons. The van der Waals surface area contributed by atoms with Crippen molar-refractivity contribution >= 4 is 11.9 Å². The van der Waals surface area contributed by atoms with Crippen molar-refractivity contribution in [3.63, 3.8) is 0 Å². The summed E-state index contributed by atoms with van der Waals surface area (Å²) in [6.45, 7) is 0.267. The summed E-state index contributed by atoms with van der Waals surface area (Å²) in [7, 11) is 2.78. The second-order valence-corrected chi connectivity index (χ2v) is 8.02. The molecule has 0 aromatic heterocycles. The van der Waals surface area contributed by atoms with E-state index in [-0.39, 0.29) is 24.3 Å². The molecule has 1 aliphatic heterocycles. The van der Waals surface area contributed by atoms with Crippen LogP contribution in [0.1, 0.15) is 0 Å². The molecule has 23 heavy (non-hydrogen) atoms. The molecule has 0 spiro atoms. The highest BCUT2D eigenvalue weighted by Gasteiger charge is 2.93. The number of fused-ring (bicyclic) bond motifs is 1. The molecule has 0 radical (unpaired) electrons. The van der Waals surface area contributed by atoms with Gasteiger partial charge >= 0.3 is 11.9 Å². The minimum absolute atomic E-state index is 0.0894. The van der Waals surface area contributed by atoms with E-state index in [2.05, 4.69) is 22.4 Å². The molecule has 1 heterocycles. The first kappa shape index (κ1) is 12.7. The predicted molar refractivity (Wildman–Crippen MR) is 76.0 cm³/mol. The Hall–Kier alpha value is -1.72. The van der Waals surface area contributed by atoms with Crippen molar-refractivity contribution in [2.45, 2.75) is 5.54 Å². The van der Waals surface area contributed by atoms with E-state index in [1.54, 1.807) is 0 Å². The van der Waals surface area contributed by atoms with Crippen LogP contribution in [0.5, 0.6) is 0 Å². The highest BCUT2D eigenvalue weighted by molar-refractivity contribution is 5.95. The Morgan fingerprint density at radius 1 is 0.957 bits per heavy atom. The third-order valence-electron chi connectivity index (χ3n) is 8.21. The molecule has 0 amide bonds. The van der Waals surface area contributed by atoms with Crippen molar-refractivity contribution in [2.24, 2.45) is 63.0 Å². The third kappa shape index (κ3) is 0.870. The Morgan fingerprint density at radius 3 is 2.26 bits per heavy atom. The molecule has 6 aliphatic carbocycles. The Bertz CT molecular complexity index is 732. The van der Waals surface area contributed by atoms with Crippen molar-refractivity contribution in [3.05, 3.63) is 12.2 Å². The highest BCUT2D eigenvalue weighted by atomic mass is 16.5. The lowest BCUT2D eigenvalue weighted by Crippen LogP contribution is -2.64. The SMILES string of the molecule is COC(=O)[C@]12N=NC[C@@]1(C(=O)OC)[C@H]1[C@H]3[C@@H]4C=C[C@@H]5[C@H]4[C@H]1[C@H]2[C@H]53. The van der Waals surface area contributed by atoms with Crippen LogP contribution in [-0.2, 0) is 19.1 Å². The van der Waals surface area contributed by atoms with Gasteiger partial charge in [0, 0.05) is 5.92 Å². The van der Waals surface area contributed by atoms with Crippen molar-refractivity contribution in [2.75, 3.05) is 20.8 Å². The lowest BCUT2D eigenvalue weighted by atomic mass is 9.54. The van der Waals surface area contributed by atoms with Gasteiger partial charge in [-0.05, 0) is 41.4 Å². The fourth-order valence-corrected chi connectivity index (χ4v) is 8.20. The van der Waals surface area contributed by atoms with Crippen LogP contribution in [0.3, 0.4) is 0 Å². The van der Waals surface area contributed by atoms with Gasteiger partial charge in [0.05, 0.1) is 20.8 Å². The van der Waals surface area contributed by atoms with Crippen molar-refractivity contribution in [1.82, 2.24) is 0 Å². The van der Waals surface area contributed by atoms with E-state index in [9.17, 15) is 9.59 Å². The molecule has 6 nitrogen and oxygen atoms in total. The van der Waals surface area contributed by atoms with Gasteiger partial charge in [-0.3, -0.25) is 4.79 Å². The summed E-state index contributed by atoms with van der Waals surface area (Å²) >= 11 is 0. The van der Waals surface area contributed by atoms with E-state index in [1.807, 2.05) is 0 Å². The maximum absolute atomic E-state index is 12.9. The summed E-state index contributed by atoms with van der Waals surface area (Å²) in [5.41, 5.74) is -2.08. The average molecular weight is 314 g/mol. The topological polar surface area (TPSA) is 77.3 Å². The number of carbonyl (C=O) groups excluding carboxylic acids is 2. The van der Waals surface area contributed by atoms with Crippen LogP contribution >= 0.6 is 0 Å². The smallest absolute Gasteiger partial charge is 0.337 e. The van der Waals surface area contributed by atoms with Crippen LogP contribution in [0, 0.1) is 52.8 Å². The Kier molecular flexibility index (Phi) is 1.86. The molecule has 0 aromatic rings. The van der Waals surface area contributed by atoms with Gasteiger partial charge in [0.25, 0.3) is 0 Å². The van der Waals surface area contributed by atoms with Gasteiger partial charge in [-0.2, -0.15) is 10.2 Å². The monoisotopic (exact) mass is 314 g/mol. The molecule has 0 unspecified atom stereocenters. The summed E-state index contributed by atoms with van der Waals surface area (Å²) in [5.74, 6) is 2.59. The number of nitrogens with zero attached hydrogens (tertiary/aromatic N) is 2. The standard InChI is InChI=1S/C17H18N2O4/c1-22-14(20)16-5-18-19-17(16,15(21)23-2)13-10-7-4-3-6-8(7)11(13)12(16)9(6)10/h3-4,6-13H,5H2,1-2H3/t6-,7-,8+,9+,10-,11-,12+,13-,16+,17+/m1/s1. The Morgan fingerprint density at radius 2 is 1.61 bits per heavy atom. The van der Waals surface area contributed by atoms with E-state index < -0.39 is 16.9 Å². The van der Waals surface area contributed by atoms with Gasteiger partial charge in [0.1, 0.15) is 5.41 Å². The second-order valence-electron chi connectivity index (χ2n) is 8.02. The van der Waals surface area contributed by atoms with E-state index in [0.717, 1.165) is 0 Å². The number of rotatable bonds is 2. The van der Waals surface area contributed by atoms with Crippen LogP contribution in [0.4, 0.5) is 0 Å². The normalized spacial score (nSPS) is 60.8. The molecule has 7 aliphatic rings. The number of esters is 2. The lowest BCUT2D eigenvalue weighted by molar-refractivity contribution is -0.175. The summed E-state index contributed by atoms with van der Waals surface area (Å²) in [6, 6.07) is 0. The fraction of sp³-hybridized carbons (Fsp3) is 0.765. The quantitative estimate of drug-likeness (QED) is 0.564. The van der Waals surface area contributed by atoms with Gasteiger partial charge in [0.15, 0.2) is 5.54 Å². The van der Waals surface area contributed by atoms with E-state index in [0.29, 0.717) is 35.5 Å². The molecule has 0 N–H and O–H groups in total. The molecular formula is C17H18N2O4. The van der Waals surface area contributed by atoms with E-state index >= 15 is 0 Å². The molecule has 8 bridgehead atoms. The number of hydrogen-bond acceptors (Lipinski definition) is 6. The van der Waals surface area contributed by atoms with Gasteiger partial charge in [-0.1, -0.05) is 12.2 Å². The molecular weight excluding hydrogens is 296 g/mol. The predicted octanol–water partition coefficient (Wildman–Crippen LogP) is 1.08. The largest absolute Gasteiger partial charge is 0.468 e. The third-order valence-corrected chi connectivity index (χ3v) is 8.21. The molecule has 6 heteroatoms. The number of methoxy groups -OCH3 is 2. The van der Waals surface area contributed by atoms with Crippen LogP contribution < -0.4 is 0 Å². The second kappa shape index (κ2) is 3.37. The number of azo groups is 1. The zero-order valence-corrected chi connectivity index (χ0v) is 13.0. The van der Waals surface area contributed by atoms with Gasteiger partial charge < -0.3 is 9.47 Å². The van der Waals surface area contributed by atoms with Crippen molar-refractivity contribution in [3.8, 4) is 0 Å². The van der Waals surface area contributed by atoms with Crippen LogP contribution in [0.15, 0.2) is 22.4 Å². The average Bonchev–Trinajstić information content (AvgIpc) is 3.35. The zero-order valence-electron chi connectivity index (χ0n) is 13.0. The molecule has 5 fully saturated rings. The van der Waals surface area contributed by atoms with Crippen LogP contribution in [0.2, 0.25) is 0 Å². The minimum Gasteiger partial charge on any atom is -0.468 e. The molecule has 5 saturated carbocycles. The van der Waals surface area contributed by atoms with Crippen molar-refractivity contribution in [1.29, 1.82) is 0 Å². The van der Waals surface area contributed by atoms with Crippen LogP contribution in [-0.4, -0.2) is 38.2 Å². The molecule has 7 rings (SSSR count). The first-order chi connectivity index (χ1) is 11.1. The van der Waals surface area contributed by atoms with Gasteiger partial charge in [0.2, 0.25) is 0 Å². The Balaban J connectivity index is 1.62. The van der Waals surface area contributed by atoms with E-state index in [4.69, 9.17) is 9.47 Å². The van der Waals surface area contributed by atoms with Crippen molar-refractivity contribution < 1.29 is 19.1 Å². The van der Waals surface area contributed by atoms with Gasteiger partial charge in [-0.25, -0.2) is 4.79 Å². The maximum Gasteiger partial charge on any atom is 0.337 e. The molecule has 10 atom stereocenters. The first-order valence-corrected chi connectivity index (χ1v) is 8.39. The molecule has 0 saturated heterocycles. The number of carbonyl (C=O) groups is 2. The summed E-state index contributed by atoms with van der Waals surface area (Å²) < 4.78 is 10.3. The Labute approximate surface area is 133 Å². The maximum atomic E-state index is 12.9. The number of ether oxygens (including phenoxy) is 2. The number of allylic oxidation sites excluding steroid dienone is 2. The fourth-order valence-electron chi connectivity index (χ4n) is 8.20. The zero-order chi connectivity index (χ0) is 15.7. The summed E-state index contributed by atoms with van der Waals surface area (Å²) in [5, 5.41) is 8.64. The highest BCUT2D eigenvalue weighted by Crippen LogP contribution is 2.87.